The Balaban J connectivity index is 2.02. The maximum atomic E-state index is 12.4. The van der Waals surface area contributed by atoms with E-state index in [1.807, 2.05) is 4.90 Å². The van der Waals surface area contributed by atoms with Crippen molar-refractivity contribution in [2.45, 2.75) is 25.8 Å². The first-order chi connectivity index (χ1) is 10.4. The molecule has 1 fully saturated rings. The molecule has 0 aliphatic carbocycles. The smallest absolute Gasteiger partial charge is 0.241 e. The highest BCUT2D eigenvalue weighted by atomic mass is 35.5. The summed E-state index contributed by atoms with van der Waals surface area (Å²) in [5.41, 5.74) is 5.85. The van der Waals surface area contributed by atoms with Gasteiger partial charge in [-0.2, -0.15) is 0 Å². The molecule has 3 N–H and O–H groups in total. The van der Waals surface area contributed by atoms with E-state index >= 15 is 0 Å². The summed E-state index contributed by atoms with van der Waals surface area (Å²) in [6.07, 6.45) is 1.63. The van der Waals surface area contributed by atoms with E-state index in [1.54, 1.807) is 25.1 Å². The van der Waals surface area contributed by atoms with Crippen molar-refractivity contribution >= 4 is 40.7 Å². The predicted octanol–water partition coefficient (Wildman–Crippen LogP) is 2.52. The van der Waals surface area contributed by atoms with Crippen LogP contribution in [0, 0.1) is 5.92 Å². The number of benzene rings is 1. The van der Waals surface area contributed by atoms with Crippen LogP contribution in [0.5, 0.6) is 0 Å². The number of nitrogens with one attached hydrogen (secondary N) is 1. The number of rotatable bonds is 4. The quantitative estimate of drug-likeness (QED) is 0.881. The van der Waals surface area contributed by atoms with Gasteiger partial charge in [-0.25, -0.2) is 0 Å². The van der Waals surface area contributed by atoms with E-state index in [0.717, 1.165) is 19.4 Å². The molecule has 0 bridgehead atoms. The predicted molar refractivity (Wildman–Crippen MR) is 88.0 cm³/mol. The van der Waals surface area contributed by atoms with Crippen molar-refractivity contribution in [3.05, 3.63) is 28.2 Å². The number of nitrogens with zero attached hydrogens (tertiary/aromatic N) is 1. The molecule has 2 atom stereocenters. The summed E-state index contributed by atoms with van der Waals surface area (Å²) in [5.74, 6) is -0.691. The molecule has 1 aliphatic rings. The van der Waals surface area contributed by atoms with Crippen molar-refractivity contribution in [1.82, 2.24) is 4.90 Å². The van der Waals surface area contributed by atoms with Crippen LogP contribution in [0.15, 0.2) is 18.2 Å². The summed E-state index contributed by atoms with van der Waals surface area (Å²) in [4.78, 5) is 25.7. The molecule has 120 valence electrons. The molecule has 1 aliphatic heterocycles. The van der Waals surface area contributed by atoms with Crippen molar-refractivity contribution < 1.29 is 9.59 Å². The van der Waals surface area contributed by atoms with Crippen LogP contribution in [-0.4, -0.2) is 35.8 Å². The third-order valence-corrected chi connectivity index (χ3v) is 4.53. The number of nitrogens with two attached hydrogens (primary N) is 1. The summed E-state index contributed by atoms with van der Waals surface area (Å²) < 4.78 is 0. The lowest BCUT2D eigenvalue weighted by Gasteiger charge is -2.34. The second-order valence-corrected chi connectivity index (χ2v) is 6.37. The molecular weight excluding hydrogens is 325 g/mol. The van der Waals surface area contributed by atoms with Crippen LogP contribution in [0.1, 0.15) is 19.8 Å². The molecule has 0 aromatic heterocycles. The molecule has 0 spiro atoms. The Hall–Kier alpha value is -1.30. The fourth-order valence-electron chi connectivity index (χ4n) is 2.59. The van der Waals surface area contributed by atoms with Crippen LogP contribution in [0.3, 0.4) is 0 Å². The lowest BCUT2D eigenvalue weighted by atomic mass is 9.96. The molecule has 7 heteroatoms. The number of anilines is 1. The van der Waals surface area contributed by atoms with Gasteiger partial charge in [-0.3, -0.25) is 14.5 Å². The zero-order valence-electron chi connectivity index (χ0n) is 12.3. The highest BCUT2D eigenvalue weighted by molar-refractivity contribution is 6.35. The number of likely N-dealkylation sites (tertiary alicyclic amines) is 1. The minimum Gasteiger partial charge on any atom is -0.369 e. The van der Waals surface area contributed by atoms with E-state index in [9.17, 15) is 9.59 Å². The van der Waals surface area contributed by atoms with E-state index in [2.05, 4.69) is 5.32 Å². The van der Waals surface area contributed by atoms with E-state index in [0.29, 0.717) is 22.3 Å². The zero-order valence-corrected chi connectivity index (χ0v) is 13.8. The monoisotopic (exact) mass is 343 g/mol. The fourth-order valence-corrected chi connectivity index (χ4v) is 2.92. The topological polar surface area (TPSA) is 75.4 Å². The summed E-state index contributed by atoms with van der Waals surface area (Å²) in [7, 11) is 0. The second-order valence-electron chi connectivity index (χ2n) is 5.53. The largest absolute Gasteiger partial charge is 0.369 e. The van der Waals surface area contributed by atoms with Gasteiger partial charge in [0.15, 0.2) is 0 Å². The molecule has 1 aromatic carbocycles. The Morgan fingerprint density at radius 1 is 1.41 bits per heavy atom. The third kappa shape index (κ3) is 4.12. The molecule has 5 nitrogen and oxygen atoms in total. The molecular formula is C15H19Cl2N3O2. The van der Waals surface area contributed by atoms with Crippen LogP contribution in [0.2, 0.25) is 10.0 Å². The van der Waals surface area contributed by atoms with Crippen LogP contribution in [-0.2, 0) is 9.59 Å². The number of carbonyl (C=O) groups is 2. The highest BCUT2D eigenvalue weighted by Gasteiger charge is 2.29. The van der Waals surface area contributed by atoms with Crippen LogP contribution < -0.4 is 11.1 Å². The van der Waals surface area contributed by atoms with Gasteiger partial charge in [-0.15, -0.1) is 0 Å². The highest BCUT2D eigenvalue weighted by Crippen LogP contribution is 2.26. The van der Waals surface area contributed by atoms with E-state index in [4.69, 9.17) is 28.9 Å². The lowest BCUT2D eigenvalue weighted by Crippen LogP contribution is -2.49. The van der Waals surface area contributed by atoms with Crippen molar-refractivity contribution in [1.29, 1.82) is 0 Å². The molecule has 1 saturated heterocycles. The average Bonchev–Trinajstić information content (AvgIpc) is 2.50. The van der Waals surface area contributed by atoms with E-state index in [-0.39, 0.29) is 23.8 Å². The minimum absolute atomic E-state index is 0.186. The van der Waals surface area contributed by atoms with Crippen LogP contribution in [0.25, 0.3) is 0 Å². The van der Waals surface area contributed by atoms with Crippen LogP contribution >= 0.6 is 23.2 Å². The third-order valence-electron chi connectivity index (χ3n) is 3.97. The lowest BCUT2D eigenvalue weighted by molar-refractivity contribution is -0.127. The van der Waals surface area contributed by atoms with E-state index < -0.39 is 0 Å². The minimum atomic E-state index is -0.378. The van der Waals surface area contributed by atoms with Crippen molar-refractivity contribution in [2.24, 2.45) is 11.7 Å². The number of carbonyl (C=O) groups excluding carboxylic acids is 2. The molecule has 0 unspecified atom stereocenters. The van der Waals surface area contributed by atoms with Crippen molar-refractivity contribution in [3.63, 3.8) is 0 Å². The van der Waals surface area contributed by atoms with Crippen molar-refractivity contribution in [2.75, 3.05) is 18.4 Å². The number of halogens is 2. The van der Waals surface area contributed by atoms with Gasteiger partial charge in [-0.05, 0) is 44.5 Å². The maximum Gasteiger partial charge on any atom is 0.241 e. The Kier molecular flexibility index (Phi) is 5.67. The van der Waals surface area contributed by atoms with Gasteiger partial charge in [0.2, 0.25) is 11.8 Å². The van der Waals surface area contributed by atoms with Crippen LogP contribution in [0.4, 0.5) is 5.69 Å². The molecule has 2 amide bonds. The number of hydrogen-bond donors (Lipinski definition) is 2. The van der Waals surface area contributed by atoms with Crippen molar-refractivity contribution in [3.8, 4) is 0 Å². The first-order valence-corrected chi connectivity index (χ1v) is 7.93. The SMILES string of the molecule is C[C@H](C(=O)Nc1cc(Cl)ccc1Cl)N1CCC[C@H](C(N)=O)C1. The average molecular weight is 344 g/mol. The second kappa shape index (κ2) is 7.31. The number of amides is 2. The summed E-state index contributed by atoms with van der Waals surface area (Å²) in [5, 5.41) is 3.71. The summed E-state index contributed by atoms with van der Waals surface area (Å²) in [6, 6.07) is 4.52. The standard InChI is InChI=1S/C15H19Cl2N3O2/c1-9(20-6-2-3-10(8-20)14(18)21)15(22)19-13-7-11(16)4-5-12(13)17/h4-5,7,9-10H,2-3,6,8H2,1H3,(H2,18,21)(H,19,22)/t9-,10+/m1/s1. The molecule has 2 rings (SSSR count). The molecule has 1 aromatic rings. The number of primary amides is 1. The Bertz CT molecular complexity index is 580. The summed E-state index contributed by atoms with van der Waals surface area (Å²) >= 11 is 12.0. The molecule has 0 radical (unpaired) electrons. The molecule has 0 saturated carbocycles. The number of hydrogen-bond acceptors (Lipinski definition) is 3. The Morgan fingerprint density at radius 2 is 2.14 bits per heavy atom. The normalized spacial score (nSPS) is 20.4. The van der Waals surface area contributed by atoms with E-state index in [1.165, 1.54) is 0 Å². The van der Waals surface area contributed by atoms with Gasteiger partial charge < -0.3 is 11.1 Å². The van der Waals surface area contributed by atoms with Gasteiger partial charge in [0.1, 0.15) is 0 Å². The van der Waals surface area contributed by atoms with Gasteiger partial charge in [0.05, 0.1) is 22.7 Å². The zero-order chi connectivity index (χ0) is 16.3. The maximum absolute atomic E-state index is 12.4. The first kappa shape index (κ1) is 17.1. The van der Waals surface area contributed by atoms with Gasteiger partial charge in [-0.1, -0.05) is 23.2 Å². The Labute approximate surface area is 139 Å². The van der Waals surface area contributed by atoms with Gasteiger partial charge >= 0.3 is 0 Å². The van der Waals surface area contributed by atoms with Gasteiger partial charge in [0, 0.05) is 11.6 Å². The van der Waals surface area contributed by atoms with Gasteiger partial charge in [0.25, 0.3) is 0 Å². The molecule has 1 heterocycles. The molecule has 22 heavy (non-hydrogen) atoms. The first-order valence-electron chi connectivity index (χ1n) is 7.17. The Morgan fingerprint density at radius 3 is 2.82 bits per heavy atom. The number of piperidine rings is 1. The summed E-state index contributed by atoms with van der Waals surface area (Å²) in [6.45, 7) is 3.08. The fraction of sp³-hybridized carbons (Fsp3) is 0.467.